The highest BCUT2D eigenvalue weighted by molar-refractivity contribution is 7.93. The first-order valence-corrected chi connectivity index (χ1v) is 15.9. The first-order valence-electron chi connectivity index (χ1n) is 14.5. The van der Waals surface area contributed by atoms with Gasteiger partial charge in [0.1, 0.15) is 11.5 Å². The molecular formula is C32H32N4O6S. The number of pyridine rings is 1. The Labute approximate surface area is 250 Å². The number of benzene rings is 2. The van der Waals surface area contributed by atoms with Gasteiger partial charge in [-0.3, -0.25) is 14.5 Å². The normalized spacial score (nSPS) is 20.8. The molecule has 2 aliphatic heterocycles. The van der Waals surface area contributed by atoms with Gasteiger partial charge in [-0.25, -0.2) is 17.7 Å². The quantitative estimate of drug-likeness (QED) is 0.335. The van der Waals surface area contributed by atoms with Gasteiger partial charge < -0.3 is 9.47 Å². The summed E-state index contributed by atoms with van der Waals surface area (Å²) < 4.78 is 40.5. The number of carbonyl (C=O) groups excluding carboxylic acids is 2. The van der Waals surface area contributed by atoms with E-state index in [1.54, 1.807) is 37.3 Å². The number of aromatic nitrogens is 1. The fourth-order valence-corrected chi connectivity index (χ4v) is 8.01. The van der Waals surface area contributed by atoms with E-state index >= 15 is 0 Å². The molecule has 3 heterocycles. The summed E-state index contributed by atoms with van der Waals surface area (Å²) in [5.41, 5.74) is -1.20. The van der Waals surface area contributed by atoms with Crippen molar-refractivity contribution in [3.63, 3.8) is 0 Å². The van der Waals surface area contributed by atoms with E-state index in [4.69, 9.17) is 9.47 Å². The number of rotatable bonds is 9. The summed E-state index contributed by atoms with van der Waals surface area (Å²) in [4.78, 5) is 35.0. The van der Waals surface area contributed by atoms with Crippen LogP contribution >= 0.6 is 0 Å². The molecule has 3 aliphatic rings. The van der Waals surface area contributed by atoms with Crippen molar-refractivity contribution in [1.29, 1.82) is 5.26 Å². The second kappa shape index (κ2) is 11.4. The Morgan fingerprint density at radius 1 is 1.07 bits per heavy atom. The molecule has 2 aromatic carbocycles. The number of anilines is 1. The van der Waals surface area contributed by atoms with Crippen molar-refractivity contribution in [3.05, 3.63) is 83.6 Å². The molecule has 0 spiro atoms. The van der Waals surface area contributed by atoms with Crippen molar-refractivity contribution in [2.45, 2.75) is 61.5 Å². The standard InChI is InChI=1S/C32H32N4O6S/c1-2-41-30-26(13-8-16-34-30)32(18-29(37)42-24-20-35(21-24)23-9-6-7-10-23)27-17-22(19-33)14-15-28(27)36(31(32)38)43(39,40)25-11-4-3-5-12-25/h3-5,8,11-17,23-24H,2,6-7,9-10,18,20-21H2,1H3. The van der Waals surface area contributed by atoms with Gasteiger partial charge >= 0.3 is 5.97 Å². The Bertz CT molecular complexity index is 1690. The van der Waals surface area contributed by atoms with Gasteiger partial charge in [-0.2, -0.15) is 5.26 Å². The van der Waals surface area contributed by atoms with Gasteiger partial charge in [0.15, 0.2) is 0 Å². The predicted octanol–water partition coefficient (Wildman–Crippen LogP) is 3.93. The second-order valence-electron chi connectivity index (χ2n) is 11.1. The Morgan fingerprint density at radius 2 is 1.81 bits per heavy atom. The molecule has 10 nitrogen and oxygen atoms in total. The molecule has 1 unspecified atom stereocenters. The SMILES string of the molecule is CCOc1ncccc1C1(CC(=O)OC2CN(C3CCCC3)C2)C(=O)N(S(=O)(=O)c2ccccc2)c2ccc(C#N)cc21. The van der Waals surface area contributed by atoms with Gasteiger partial charge in [0.2, 0.25) is 5.88 Å². The molecule has 1 aliphatic carbocycles. The summed E-state index contributed by atoms with van der Waals surface area (Å²) in [6.45, 7) is 3.22. The number of carbonyl (C=O) groups is 2. The van der Waals surface area contributed by atoms with Crippen LogP contribution in [0, 0.1) is 11.3 Å². The van der Waals surface area contributed by atoms with Crippen LogP contribution in [0.4, 0.5) is 5.69 Å². The lowest BCUT2D eigenvalue weighted by atomic mass is 9.72. The summed E-state index contributed by atoms with van der Waals surface area (Å²) in [6.07, 6.45) is 5.37. The van der Waals surface area contributed by atoms with E-state index in [-0.39, 0.29) is 45.9 Å². The zero-order valence-corrected chi connectivity index (χ0v) is 24.6. The number of esters is 1. The number of nitrogens with zero attached hydrogens (tertiary/aromatic N) is 4. The van der Waals surface area contributed by atoms with E-state index in [2.05, 4.69) is 16.0 Å². The number of hydrogen-bond donors (Lipinski definition) is 0. The maximum Gasteiger partial charge on any atom is 0.307 e. The van der Waals surface area contributed by atoms with Crippen molar-refractivity contribution in [2.24, 2.45) is 0 Å². The molecule has 222 valence electrons. The van der Waals surface area contributed by atoms with Gasteiger partial charge in [0, 0.05) is 30.9 Å². The lowest BCUT2D eigenvalue weighted by Gasteiger charge is -2.42. The highest BCUT2D eigenvalue weighted by atomic mass is 32.2. The van der Waals surface area contributed by atoms with E-state index in [0.29, 0.717) is 19.1 Å². The van der Waals surface area contributed by atoms with Gasteiger partial charge in [-0.05, 0) is 61.7 Å². The first kappa shape index (κ1) is 28.8. The van der Waals surface area contributed by atoms with E-state index < -0.39 is 33.7 Å². The number of sulfonamides is 1. The number of fused-ring (bicyclic) bond motifs is 1. The Kier molecular flexibility index (Phi) is 7.66. The van der Waals surface area contributed by atoms with Crippen LogP contribution in [0.1, 0.15) is 55.7 Å². The van der Waals surface area contributed by atoms with E-state index in [1.807, 2.05) is 0 Å². The van der Waals surface area contributed by atoms with Crippen LogP contribution < -0.4 is 9.04 Å². The number of hydrogen-bond acceptors (Lipinski definition) is 9. The molecular weight excluding hydrogens is 568 g/mol. The van der Waals surface area contributed by atoms with Crippen molar-refractivity contribution in [3.8, 4) is 11.9 Å². The van der Waals surface area contributed by atoms with Gasteiger partial charge in [0.25, 0.3) is 15.9 Å². The van der Waals surface area contributed by atoms with Crippen LogP contribution in [0.3, 0.4) is 0 Å². The van der Waals surface area contributed by atoms with E-state index in [9.17, 15) is 23.3 Å². The zero-order valence-electron chi connectivity index (χ0n) is 23.8. The molecule has 3 aromatic rings. The molecule has 6 rings (SSSR count). The predicted molar refractivity (Wildman–Crippen MR) is 157 cm³/mol. The third-order valence-electron chi connectivity index (χ3n) is 8.57. The minimum atomic E-state index is -4.41. The van der Waals surface area contributed by atoms with Crippen LogP contribution in [0.2, 0.25) is 0 Å². The minimum Gasteiger partial charge on any atom is -0.478 e. The van der Waals surface area contributed by atoms with E-state index in [0.717, 1.165) is 17.1 Å². The summed E-state index contributed by atoms with van der Waals surface area (Å²) in [6, 6.07) is 17.8. The average Bonchev–Trinajstić information content (AvgIpc) is 3.61. The largest absolute Gasteiger partial charge is 0.478 e. The fourth-order valence-electron chi connectivity index (χ4n) is 6.51. The average molecular weight is 601 g/mol. The maximum absolute atomic E-state index is 14.8. The molecule has 0 bridgehead atoms. The van der Waals surface area contributed by atoms with Gasteiger partial charge in [-0.1, -0.05) is 37.1 Å². The molecule has 1 saturated carbocycles. The Morgan fingerprint density at radius 3 is 2.51 bits per heavy atom. The number of nitriles is 1. The highest BCUT2D eigenvalue weighted by Crippen LogP contribution is 2.52. The smallest absolute Gasteiger partial charge is 0.307 e. The highest BCUT2D eigenvalue weighted by Gasteiger charge is 2.59. The molecule has 43 heavy (non-hydrogen) atoms. The molecule has 1 amide bonds. The lowest BCUT2D eigenvalue weighted by molar-refractivity contribution is -0.161. The maximum atomic E-state index is 14.8. The molecule has 0 N–H and O–H groups in total. The molecule has 11 heteroatoms. The Balaban J connectivity index is 1.45. The topological polar surface area (TPSA) is 130 Å². The van der Waals surface area contributed by atoms with Crippen molar-refractivity contribution >= 4 is 27.6 Å². The summed E-state index contributed by atoms with van der Waals surface area (Å²) >= 11 is 0. The van der Waals surface area contributed by atoms with Crippen LogP contribution in [0.15, 0.2) is 71.8 Å². The zero-order chi connectivity index (χ0) is 30.2. The third-order valence-corrected chi connectivity index (χ3v) is 10.3. The third kappa shape index (κ3) is 4.94. The van der Waals surface area contributed by atoms with Crippen LogP contribution in [-0.2, 0) is 29.8 Å². The van der Waals surface area contributed by atoms with Gasteiger partial charge in [0.05, 0.1) is 35.2 Å². The fraction of sp³-hybridized carbons (Fsp3) is 0.375. The first-order chi connectivity index (χ1) is 20.8. The van der Waals surface area contributed by atoms with Crippen LogP contribution in [-0.4, -0.2) is 62.0 Å². The van der Waals surface area contributed by atoms with Gasteiger partial charge in [-0.15, -0.1) is 0 Å². The second-order valence-corrected chi connectivity index (χ2v) is 12.9. The van der Waals surface area contributed by atoms with Crippen molar-refractivity contribution in [1.82, 2.24) is 9.88 Å². The molecule has 1 aromatic heterocycles. The molecule has 2 fully saturated rings. The minimum absolute atomic E-state index is 0.0583. The monoisotopic (exact) mass is 600 g/mol. The van der Waals surface area contributed by atoms with Crippen molar-refractivity contribution < 1.29 is 27.5 Å². The van der Waals surface area contributed by atoms with Crippen molar-refractivity contribution in [2.75, 3.05) is 24.0 Å². The Hall–Kier alpha value is -4.27. The molecule has 1 saturated heterocycles. The summed E-state index contributed by atoms with van der Waals surface area (Å²) in [5, 5.41) is 9.77. The lowest BCUT2D eigenvalue weighted by Crippen LogP contribution is -2.56. The molecule has 0 radical (unpaired) electrons. The number of likely N-dealkylation sites (tertiary alicyclic amines) is 1. The summed E-state index contributed by atoms with van der Waals surface area (Å²) in [7, 11) is -4.41. The van der Waals surface area contributed by atoms with Crippen LogP contribution in [0.5, 0.6) is 5.88 Å². The summed E-state index contributed by atoms with van der Waals surface area (Å²) in [5.74, 6) is -1.42. The number of ether oxygens (including phenoxy) is 2. The van der Waals surface area contributed by atoms with Crippen LogP contribution in [0.25, 0.3) is 0 Å². The number of amides is 1. The molecule has 1 atom stereocenters. The van der Waals surface area contributed by atoms with E-state index in [1.165, 1.54) is 49.4 Å².